The highest BCUT2D eigenvalue weighted by molar-refractivity contribution is 7.12. The van der Waals surface area contributed by atoms with Gasteiger partial charge in [0, 0.05) is 22.2 Å². The van der Waals surface area contributed by atoms with Crippen molar-refractivity contribution in [2.24, 2.45) is 0 Å². The number of hydrogen-bond acceptors (Lipinski definition) is 5. The molecule has 0 saturated carbocycles. The molecule has 2 aromatic carbocycles. The van der Waals surface area contributed by atoms with Crippen molar-refractivity contribution in [3.05, 3.63) is 58.2 Å². The van der Waals surface area contributed by atoms with Crippen LogP contribution in [0.1, 0.15) is 9.88 Å². The minimum absolute atomic E-state index is 0.154. The average molecular weight is 384 g/mol. The molecule has 27 heavy (non-hydrogen) atoms. The predicted octanol–water partition coefficient (Wildman–Crippen LogP) is 4.21. The number of thiazole rings is 1. The van der Waals surface area contributed by atoms with Gasteiger partial charge in [-0.15, -0.1) is 11.3 Å². The molecular weight excluding hydrogens is 367 g/mol. The van der Waals surface area contributed by atoms with Gasteiger partial charge in [0.2, 0.25) is 5.91 Å². The van der Waals surface area contributed by atoms with E-state index in [4.69, 9.17) is 9.47 Å². The van der Waals surface area contributed by atoms with E-state index in [9.17, 15) is 9.18 Å². The summed E-state index contributed by atoms with van der Waals surface area (Å²) in [5, 5.41) is 3.74. The lowest BCUT2D eigenvalue weighted by Gasteiger charge is -2.19. The fourth-order valence-corrected chi connectivity index (χ4v) is 3.85. The molecule has 1 amide bonds. The Morgan fingerprint density at radius 1 is 1.15 bits per heavy atom. The molecular formula is C20H17FN2O3S. The fraction of sp³-hybridized carbons (Fsp3) is 0.200. The molecule has 2 heterocycles. The second kappa shape index (κ2) is 7.36. The molecule has 4 rings (SSSR count). The number of aromatic nitrogens is 1. The Kier molecular flexibility index (Phi) is 4.77. The van der Waals surface area contributed by atoms with Gasteiger partial charge < -0.3 is 14.8 Å². The number of rotatable bonds is 4. The third-order valence-corrected chi connectivity index (χ3v) is 5.04. The van der Waals surface area contributed by atoms with Gasteiger partial charge in [-0.1, -0.05) is 0 Å². The van der Waals surface area contributed by atoms with E-state index in [1.807, 2.05) is 6.92 Å². The third kappa shape index (κ3) is 3.93. The maximum atomic E-state index is 13.2. The largest absolute Gasteiger partial charge is 0.486 e. The van der Waals surface area contributed by atoms with Crippen LogP contribution in [-0.4, -0.2) is 24.1 Å². The summed E-state index contributed by atoms with van der Waals surface area (Å²) in [6, 6.07) is 11.4. The summed E-state index contributed by atoms with van der Waals surface area (Å²) in [6.45, 7) is 2.90. The van der Waals surface area contributed by atoms with Crippen molar-refractivity contribution in [1.29, 1.82) is 0 Å². The molecule has 0 unspecified atom stereocenters. The number of benzene rings is 2. The van der Waals surface area contributed by atoms with Crippen LogP contribution in [0.5, 0.6) is 11.5 Å². The van der Waals surface area contributed by atoms with Crippen LogP contribution in [0.2, 0.25) is 0 Å². The van der Waals surface area contributed by atoms with E-state index in [0.29, 0.717) is 30.4 Å². The van der Waals surface area contributed by atoms with Crippen molar-refractivity contribution in [3.8, 4) is 22.8 Å². The number of halogens is 1. The Hall–Kier alpha value is -2.93. The first-order chi connectivity index (χ1) is 13.1. The van der Waals surface area contributed by atoms with Crippen LogP contribution in [0.15, 0.2) is 42.5 Å². The molecule has 1 N–H and O–H groups in total. The molecule has 1 aliphatic rings. The molecule has 1 aliphatic heterocycles. The summed E-state index contributed by atoms with van der Waals surface area (Å²) in [6.07, 6.45) is 0.187. The first kappa shape index (κ1) is 17.5. The second-order valence-corrected chi connectivity index (χ2v) is 7.38. The number of fused-ring (bicyclic) bond motifs is 1. The topological polar surface area (TPSA) is 60.5 Å². The molecule has 5 nitrogen and oxygen atoms in total. The van der Waals surface area contributed by atoms with E-state index in [1.54, 1.807) is 30.3 Å². The number of carbonyl (C=O) groups is 1. The van der Waals surface area contributed by atoms with Crippen molar-refractivity contribution in [3.63, 3.8) is 0 Å². The summed E-state index contributed by atoms with van der Waals surface area (Å²) in [4.78, 5) is 17.9. The molecule has 1 aromatic heterocycles. The Morgan fingerprint density at radius 2 is 1.89 bits per heavy atom. The minimum Gasteiger partial charge on any atom is -0.486 e. The zero-order valence-corrected chi connectivity index (χ0v) is 15.4. The molecule has 7 heteroatoms. The quantitative estimate of drug-likeness (QED) is 0.732. The van der Waals surface area contributed by atoms with Gasteiger partial charge in [-0.05, 0) is 43.3 Å². The zero-order chi connectivity index (χ0) is 18.8. The van der Waals surface area contributed by atoms with Gasteiger partial charge in [0.1, 0.15) is 19.0 Å². The summed E-state index contributed by atoms with van der Waals surface area (Å²) >= 11 is 1.46. The summed E-state index contributed by atoms with van der Waals surface area (Å²) < 4.78 is 24.2. The number of anilines is 1. The maximum absolute atomic E-state index is 13.2. The summed E-state index contributed by atoms with van der Waals surface area (Å²) in [7, 11) is 0. The van der Waals surface area contributed by atoms with Crippen LogP contribution in [0.25, 0.3) is 11.3 Å². The van der Waals surface area contributed by atoms with Crippen molar-refractivity contribution < 1.29 is 18.7 Å². The first-order valence-corrected chi connectivity index (χ1v) is 9.32. The van der Waals surface area contributed by atoms with Gasteiger partial charge in [-0.2, -0.15) is 0 Å². The van der Waals surface area contributed by atoms with E-state index < -0.39 is 0 Å². The molecule has 0 bridgehead atoms. The lowest BCUT2D eigenvalue weighted by molar-refractivity contribution is -0.115. The van der Waals surface area contributed by atoms with Crippen LogP contribution in [-0.2, 0) is 11.2 Å². The standard InChI is InChI=1S/C20H17FN2O3S/c1-12-22-20(13-2-4-14(21)5-3-13)18(27-12)11-19(24)23-15-6-7-16-17(10-15)26-9-8-25-16/h2-7,10H,8-9,11H2,1H3,(H,23,24). The molecule has 138 valence electrons. The highest BCUT2D eigenvalue weighted by atomic mass is 32.1. The van der Waals surface area contributed by atoms with E-state index in [0.717, 1.165) is 21.1 Å². The monoisotopic (exact) mass is 384 g/mol. The van der Waals surface area contributed by atoms with Crippen LogP contribution in [0.4, 0.5) is 10.1 Å². The van der Waals surface area contributed by atoms with E-state index in [-0.39, 0.29) is 18.1 Å². The van der Waals surface area contributed by atoms with E-state index >= 15 is 0 Å². The van der Waals surface area contributed by atoms with Gasteiger partial charge in [0.15, 0.2) is 11.5 Å². The zero-order valence-electron chi connectivity index (χ0n) is 14.6. The average Bonchev–Trinajstić information content (AvgIpc) is 3.02. The van der Waals surface area contributed by atoms with Crippen LogP contribution in [0, 0.1) is 12.7 Å². The number of ether oxygens (including phenoxy) is 2. The molecule has 0 atom stereocenters. The number of carbonyl (C=O) groups excluding carboxylic acids is 1. The van der Waals surface area contributed by atoms with Gasteiger partial charge >= 0.3 is 0 Å². The van der Waals surface area contributed by atoms with Crippen LogP contribution in [0.3, 0.4) is 0 Å². The minimum atomic E-state index is -0.302. The maximum Gasteiger partial charge on any atom is 0.229 e. The van der Waals surface area contributed by atoms with E-state index in [2.05, 4.69) is 10.3 Å². The van der Waals surface area contributed by atoms with E-state index in [1.165, 1.54) is 23.5 Å². The molecule has 0 spiro atoms. The lowest BCUT2D eigenvalue weighted by atomic mass is 10.1. The highest BCUT2D eigenvalue weighted by Crippen LogP contribution is 2.33. The second-order valence-electron chi connectivity index (χ2n) is 6.09. The van der Waals surface area contributed by atoms with Crippen molar-refractivity contribution in [1.82, 2.24) is 4.98 Å². The van der Waals surface area contributed by atoms with Crippen LogP contribution < -0.4 is 14.8 Å². The first-order valence-electron chi connectivity index (χ1n) is 8.50. The predicted molar refractivity (Wildman–Crippen MR) is 102 cm³/mol. The van der Waals surface area contributed by atoms with Gasteiger partial charge in [0.05, 0.1) is 17.1 Å². The number of aryl methyl sites for hydroxylation is 1. The Labute approximate surface area is 159 Å². The lowest BCUT2D eigenvalue weighted by Crippen LogP contribution is -2.17. The number of nitrogens with one attached hydrogen (secondary N) is 1. The normalized spacial score (nSPS) is 12.7. The van der Waals surface area contributed by atoms with Crippen LogP contribution >= 0.6 is 11.3 Å². The summed E-state index contributed by atoms with van der Waals surface area (Å²) in [5.74, 6) is 0.845. The molecule has 0 aliphatic carbocycles. The van der Waals surface area contributed by atoms with Crippen molar-refractivity contribution in [2.45, 2.75) is 13.3 Å². The smallest absolute Gasteiger partial charge is 0.229 e. The van der Waals surface area contributed by atoms with Crippen molar-refractivity contribution in [2.75, 3.05) is 18.5 Å². The number of hydrogen-bond donors (Lipinski definition) is 1. The Bertz CT molecular complexity index is 985. The summed E-state index contributed by atoms with van der Waals surface area (Å²) in [5.41, 5.74) is 2.16. The number of nitrogens with zero attached hydrogens (tertiary/aromatic N) is 1. The fourth-order valence-electron chi connectivity index (χ4n) is 2.89. The Morgan fingerprint density at radius 3 is 2.67 bits per heavy atom. The molecule has 0 fully saturated rings. The molecule has 3 aromatic rings. The molecule has 0 saturated heterocycles. The SMILES string of the molecule is Cc1nc(-c2ccc(F)cc2)c(CC(=O)Nc2ccc3c(c2)OCCO3)s1. The highest BCUT2D eigenvalue weighted by Gasteiger charge is 2.17. The molecule has 0 radical (unpaired) electrons. The van der Waals surface area contributed by atoms with Crippen molar-refractivity contribution >= 4 is 22.9 Å². The number of amides is 1. The van der Waals surface area contributed by atoms with Gasteiger partial charge in [-0.3, -0.25) is 4.79 Å². The van der Waals surface area contributed by atoms with Gasteiger partial charge in [0.25, 0.3) is 0 Å². The van der Waals surface area contributed by atoms with Gasteiger partial charge in [-0.25, -0.2) is 9.37 Å². The third-order valence-electron chi connectivity index (χ3n) is 4.07. The Balaban J connectivity index is 1.51.